The molecule has 0 radical (unpaired) electrons. The maximum atomic E-state index is 13.6. The molecule has 2 atom stereocenters. The molecule has 1 aromatic heterocycles. The molecule has 1 amide bonds. The summed E-state index contributed by atoms with van der Waals surface area (Å²) in [6.07, 6.45) is -5.89. The summed E-state index contributed by atoms with van der Waals surface area (Å²) in [4.78, 5) is 28.8. The smallest absolute Gasteiger partial charge is 0.511 e. The summed E-state index contributed by atoms with van der Waals surface area (Å²) in [5.41, 5.74) is 0.467. The van der Waals surface area contributed by atoms with Crippen molar-refractivity contribution in [1.82, 2.24) is 19.5 Å². The molecular formula is C29H35F3N6O8S. The Morgan fingerprint density at radius 3 is 2.28 bits per heavy atom. The van der Waals surface area contributed by atoms with E-state index in [0.717, 1.165) is 33.5 Å². The van der Waals surface area contributed by atoms with Crippen molar-refractivity contribution in [1.29, 1.82) is 0 Å². The maximum Gasteiger partial charge on any atom is 0.511 e. The zero-order valence-corrected chi connectivity index (χ0v) is 27.2. The number of hydrogen-bond acceptors (Lipinski definition) is 10. The first kappa shape index (κ1) is 36.6. The first-order valence-electron chi connectivity index (χ1n) is 14.2. The Kier molecular flexibility index (Phi) is 11.8. The number of alkyl halides is 3. The molecule has 1 N–H and O–H groups in total. The lowest BCUT2D eigenvalue weighted by Crippen LogP contribution is -2.52. The van der Waals surface area contributed by atoms with Gasteiger partial charge in [0.25, 0.3) is 22.7 Å². The van der Waals surface area contributed by atoms with Crippen LogP contribution in [0.3, 0.4) is 0 Å². The molecule has 0 saturated heterocycles. The fourth-order valence-electron chi connectivity index (χ4n) is 4.22. The lowest BCUT2D eigenvalue weighted by atomic mass is 9.98. The number of carbonyl (C=O) groups excluding carboxylic acids is 2. The fraction of sp³-hybridized carbons (Fsp3) is 0.414. The maximum absolute atomic E-state index is 13.6. The van der Waals surface area contributed by atoms with Crippen LogP contribution in [0.2, 0.25) is 0 Å². The topological polar surface area (TPSA) is 167 Å². The van der Waals surface area contributed by atoms with E-state index < -0.39 is 58.8 Å². The number of hydrazine groups is 1. The number of carbonyl (C=O) groups is 2. The third-order valence-electron chi connectivity index (χ3n) is 6.79. The van der Waals surface area contributed by atoms with Crippen LogP contribution in [-0.4, -0.2) is 66.2 Å². The Bertz CT molecular complexity index is 1680. The minimum Gasteiger partial charge on any atom is -0.569 e. The zero-order chi connectivity index (χ0) is 35.1. The van der Waals surface area contributed by atoms with E-state index in [2.05, 4.69) is 20.0 Å². The third kappa shape index (κ3) is 9.57. The number of ether oxygens (including phenoxy) is 2. The lowest BCUT2D eigenvalue weighted by molar-refractivity contribution is -0.712. The molecule has 0 unspecified atom stereocenters. The molecule has 0 spiro atoms. The summed E-state index contributed by atoms with van der Waals surface area (Å²) >= 11 is 0. The SMILES string of the molecule is CC[C@@H](C)[C@@H](C(=O)NS(=O)(=O)c1ccc(-n2nc(C(F)(F)F)cc2-c2ccc(C)cc2)cc1)N(C)[N+]([O-])=NOCOC(=O)OC(C)C. The van der Waals surface area contributed by atoms with Crippen LogP contribution >= 0.6 is 0 Å². The first-order valence-corrected chi connectivity index (χ1v) is 15.7. The van der Waals surface area contributed by atoms with E-state index in [9.17, 15) is 36.4 Å². The highest BCUT2D eigenvalue weighted by atomic mass is 32.2. The molecule has 0 aliphatic rings. The number of likely N-dealkylation sites (N-methyl/N-ethyl adjacent to an activating group) is 1. The van der Waals surface area contributed by atoms with E-state index in [1.807, 2.05) is 11.6 Å². The normalized spacial score (nSPS) is 13.5. The van der Waals surface area contributed by atoms with Crippen LogP contribution in [0.4, 0.5) is 18.0 Å². The average molecular weight is 685 g/mol. The van der Waals surface area contributed by atoms with E-state index in [4.69, 9.17) is 4.74 Å². The van der Waals surface area contributed by atoms with Gasteiger partial charge in [0.1, 0.15) is 0 Å². The molecule has 0 saturated carbocycles. The fourth-order valence-corrected chi connectivity index (χ4v) is 5.22. The molecule has 1 heterocycles. The van der Waals surface area contributed by atoms with Gasteiger partial charge in [-0.05, 0) is 57.0 Å². The number of halogens is 3. The Morgan fingerprint density at radius 1 is 1.11 bits per heavy atom. The molecule has 0 aliphatic carbocycles. The summed E-state index contributed by atoms with van der Waals surface area (Å²) in [6, 6.07) is 11.0. The van der Waals surface area contributed by atoms with E-state index >= 15 is 0 Å². The van der Waals surface area contributed by atoms with E-state index in [1.165, 1.54) is 19.2 Å². The highest BCUT2D eigenvalue weighted by molar-refractivity contribution is 7.90. The van der Waals surface area contributed by atoms with Gasteiger partial charge in [0.2, 0.25) is 5.28 Å². The highest BCUT2D eigenvalue weighted by Gasteiger charge is 2.37. The Balaban J connectivity index is 1.81. The number of sulfonamides is 1. The second-order valence-electron chi connectivity index (χ2n) is 10.7. The predicted molar refractivity (Wildman–Crippen MR) is 160 cm³/mol. The molecule has 3 aromatic rings. The second kappa shape index (κ2) is 15.1. The molecule has 0 aliphatic heterocycles. The highest BCUT2D eigenvalue weighted by Crippen LogP contribution is 2.33. The van der Waals surface area contributed by atoms with Gasteiger partial charge >= 0.3 is 12.3 Å². The summed E-state index contributed by atoms with van der Waals surface area (Å²) < 4.78 is 79.3. The van der Waals surface area contributed by atoms with Crippen LogP contribution in [0.25, 0.3) is 16.9 Å². The van der Waals surface area contributed by atoms with Gasteiger partial charge in [-0.3, -0.25) is 4.79 Å². The number of benzene rings is 2. The van der Waals surface area contributed by atoms with E-state index in [-0.39, 0.29) is 21.2 Å². The van der Waals surface area contributed by atoms with Crippen LogP contribution < -0.4 is 4.72 Å². The summed E-state index contributed by atoms with van der Waals surface area (Å²) in [5.74, 6) is -1.63. The molecule has 47 heavy (non-hydrogen) atoms. The number of nitrogens with zero attached hydrogens (tertiary/aromatic N) is 5. The number of aromatic nitrogens is 2. The van der Waals surface area contributed by atoms with Gasteiger partial charge < -0.3 is 19.5 Å². The van der Waals surface area contributed by atoms with Crippen molar-refractivity contribution in [2.24, 2.45) is 11.2 Å². The van der Waals surface area contributed by atoms with Gasteiger partial charge in [-0.2, -0.15) is 18.3 Å². The summed E-state index contributed by atoms with van der Waals surface area (Å²) in [5, 5.41) is 20.2. The first-order chi connectivity index (χ1) is 21.9. The van der Waals surface area contributed by atoms with Gasteiger partial charge in [0, 0.05) is 5.56 Å². The average Bonchev–Trinajstić information content (AvgIpc) is 3.45. The molecule has 3 rings (SSSR count). The quantitative estimate of drug-likeness (QED) is 0.0619. The molecule has 256 valence electrons. The molecular weight excluding hydrogens is 649 g/mol. The van der Waals surface area contributed by atoms with Gasteiger partial charge in [-0.25, -0.2) is 22.6 Å². The largest absolute Gasteiger partial charge is 0.569 e. The van der Waals surface area contributed by atoms with Crippen LogP contribution in [0, 0.1) is 18.0 Å². The van der Waals surface area contributed by atoms with Crippen molar-refractivity contribution in [2.75, 3.05) is 13.8 Å². The van der Waals surface area contributed by atoms with Crippen molar-refractivity contribution in [2.45, 2.75) is 64.3 Å². The monoisotopic (exact) mass is 684 g/mol. The van der Waals surface area contributed by atoms with Gasteiger partial charge in [0.15, 0.2) is 11.7 Å². The zero-order valence-electron chi connectivity index (χ0n) is 26.4. The van der Waals surface area contributed by atoms with E-state index in [0.29, 0.717) is 12.0 Å². The van der Waals surface area contributed by atoms with Crippen LogP contribution in [0.15, 0.2) is 64.8 Å². The number of amides is 1. The van der Waals surface area contributed by atoms with Crippen molar-refractivity contribution in [3.05, 3.63) is 71.1 Å². The molecule has 14 nitrogen and oxygen atoms in total. The number of hydrogen-bond donors (Lipinski definition) is 1. The molecule has 0 bridgehead atoms. The second-order valence-corrected chi connectivity index (χ2v) is 12.4. The predicted octanol–water partition coefficient (Wildman–Crippen LogP) is 5.35. The van der Waals surface area contributed by atoms with Gasteiger partial charge in [-0.1, -0.05) is 50.1 Å². The van der Waals surface area contributed by atoms with Crippen molar-refractivity contribution in [3.63, 3.8) is 0 Å². The third-order valence-corrected chi connectivity index (χ3v) is 8.15. The number of rotatable bonds is 13. The Morgan fingerprint density at radius 2 is 1.72 bits per heavy atom. The van der Waals surface area contributed by atoms with Crippen molar-refractivity contribution < 1.29 is 50.5 Å². The van der Waals surface area contributed by atoms with Gasteiger partial charge in [0.05, 0.1) is 34.4 Å². The van der Waals surface area contributed by atoms with Crippen LogP contribution in [0.1, 0.15) is 45.4 Å². The van der Waals surface area contributed by atoms with Crippen molar-refractivity contribution >= 4 is 22.1 Å². The molecule has 2 aromatic carbocycles. The Hall–Kier alpha value is -4.87. The summed E-state index contributed by atoms with van der Waals surface area (Å²) in [7, 11) is -3.34. The number of nitrogens with one attached hydrogen (secondary N) is 1. The van der Waals surface area contributed by atoms with Gasteiger partial charge in [-0.15, -0.1) is 5.01 Å². The minimum atomic E-state index is -4.73. The van der Waals surface area contributed by atoms with Crippen LogP contribution in [-0.2, 0) is 35.3 Å². The van der Waals surface area contributed by atoms with E-state index in [1.54, 1.807) is 52.0 Å². The molecule has 0 fully saturated rings. The molecule has 18 heteroatoms. The standard InChI is InChI=1S/C29H35F3N6O8S/c1-7-20(5)26(36(6)38(41)35-45-17-44-28(40)46-18(2)3)27(39)34-47(42,43)23-14-12-22(13-15-23)37-24(16-25(33-37)29(30,31)32)21-10-8-19(4)9-11-21/h8-16,18,20,26H,7,17H2,1-6H3,(H,34,39)/t20-,26+/m1/s1. The minimum absolute atomic E-state index is 0.111. The van der Waals surface area contributed by atoms with Crippen LogP contribution in [0.5, 0.6) is 0 Å². The summed E-state index contributed by atoms with van der Waals surface area (Å²) in [6.45, 7) is 7.56. The Labute approximate surface area is 269 Å². The lowest BCUT2D eigenvalue weighted by Gasteiger charge is -2.27. The van der Waals surface area contributed by atoms with Crippen molar-refractivity contribution in [3.8, 4) is 16.9 Å². The number of aryl methyl sites for hydroxylation is 1.